The van der Waals surface area contributed by atoms with Gasteiger partial charge in [-0.1, -0.05) is 29.8 Å². The molecule has 0 unspecified atom stereocenters. The second-order valence-corrected chi connectivity index (χ2v) is 5.29. The third-order valence-corrected chi connectivity index (χ3v) is 4.82. The van der Waals surface area contributed by atoms with E-state index < -0.39 is 0 Å². The second-order valence-electron chi connectivity index (χ2n) is 4.72. The molecule has 0 saturated heterocycles. The monoisotopic (exact) mass is 329 g/mol. The van der Waals surface area contributed by atoms with Crippen molar-refractivity contribution in [3.8, 4) is 11.5 Å². The van der Waals surface area contributed by atoms with Crippen LogP contribution < -0.4 is 5.32 Å². The Labute approximate surface area is 122 Å². The largest absolute Gasteiger partial charge is 0.508 e. The molecule has 4 nitrogen and oxygen atoms in total. The molecule has 0 radical (unpaired) electrons. The molecular weight excluding hydrogens is 310 g/mol. The summed E-state index contributed by atoms with van der Waals surface area (Å²) in [4.78, 5) is 12.0. The first-order chi connectivity index (χ1) is 8.98. The summed E-state index contributed by atoms with van der Waals surface area (Å²) >= 11 is 3.49. The van der Waals surface area contributed by atoms with E-state index in [4.69, 9.17) is 0 Å². The van der Waals surface area contributed by atoms with Gasteiger partial charge in [-0.15, -0.1) is 0 Å². The summed E-state index contributed by atoms with van der Waals surface area (Å²) in [6, 6.07) is 3.95. The highest BCUT2D eigenvalue weighted by atomic mass is 79.9. The lowest BCUT2D eigenvalue weighted by Gasteiger charge is -2.29. The van der Waals surface area contributed by atoms with Crippen molar-refractivity contribution in [2.45, 2.75) is 26.7 Å². The highest BCUT2D eigenvalue weighted by molar-refractivity contribution is 9.09. The Morgan fingerprint density at radius 2 is 1.95 bits per heavy atom. The van der Waals surface area contributed by atoms with Crippen molar-refractivity contribution in [1.29, 1.82) is 0 Å². The second kappa shape index (κ2) is 6.80. The van der Waals surface area contributed by atoms with Crippen LogP contribution in [-0.2, 0) is 0 Å². The molecule has 0 heterocycles. The lowest BCUT2D eigenvalue weighted by molar-refractivity contribution is 0.0929. The first-order valence-corrected chi connectivity index (χ1v) is 7.46. The van der Waals surface area contributed by atoms with Crippen LogP contribution in [0.2, 0.25) is 0 Å². The number of hydrogen-bond donors (Lipinski definition) is 3. The van der Waals surface area contributed by atoms with Gasteiger partial charge < -0.3 is 15.5 Å². The maximum Gasteiger partial charge on any atom is 0.255 e. The Bertz CT molecular complexity index is 436. The highest BCUT2D eigenvalue weighted by Crippen LogP contribution is 2.28. The Kier molecular flexibility index (Phi) is 5.66. The van der Waals surface area contributed by atoms with Crippen molar-refractivity contribution in [2.75, 3.05) is 11.9 Å². The fourth-order valence-electron chi connectivity index (χ4n) is 1.81. The molecule has 0 saturated carbocycles. The van der Waals surface area contributed by atoms with Gasteiger partial charge in [-0.3, -0.25) is 4.79 Å². The van der Waals surface area contributed by atoms with Crippen LogP contribution >= 0.6 is 15.9 Å². The number of aromatic hydroxyl groups is 2. The number of hydrogen-bond acceptors (Lipinski definition) is 3. The van der Waals surface area contributed by atoms with Crippen LogP contribution in [0.1, 0.15) is 37.0 Å². The summed E-state index contributed by atoms with van der Waals surface area (Å²) in [5, 5.41) is 22.5. The Balaban J connectivity index is 2.75. The minimum Gasteiger partial charge on any atom is -0.508 e. The summed E-state index contributed by atoms with van der Waals surface area (Å²) in [6.45, 7) is 4.73. The van der Waals surface area contributed by atoms with Crippen LogP contribution in [0.5, 0.6) is 11.5 Å². The maximum atomic E-state index is 12.0. The number of benzene rings is 1. The number of nitrogens with one attached hydrogen (secondary N) is 1. The van der Waals surface area contributed by atoms with Crippen LogP contribution in [-0.4, -0.2) is 28.0 Å². The number of phenols is 2. The normalized spacial score (nSPS) is 11.3. The van der Waals surface area contributed by atoms with Crippen molar-refractivity contribution < 1.29 is 15.0 Å². The molecule has 1 aromatic rings. The molecule has 106 valence electrons. The average molecular weight is 330 g/mol. The van der Waals surface area contributed by atoms with Crippen LogP contribution in [0.15, 0.2) is 18.2 Å². The summed E-state index contributed by atoms with van der Waals surface area (Å²) in [5.74, 6) is -0.606. The number of halogens is 1. The molecule has 1 aromatic carbocycles. The third-order valence-electron chi connectivity index (χ3n) is 3.63. The van der Waals surface area contributed by atoms with Gasteiger partial charge in [-0.25, -0.2) is 0 Å². The van der Waals surface area contributed by atoms with Gasteiger partial charge in [0.15, 0.2) is 0 Å². The van der Waals surface area contributed by atoms with E-state index in [-0.39, 0.29) is 28.4 Å². The molecule has 19 heavy (non-hydrogen) atoms. The molecule has 1 amide bonds. The standard InChI is InChI=1S/C14H20BrNO3/c1-3-14(4-2,8-15)9-16-13(19)11-6-5-10(17)7-12(11)18/h5-7,17-18H,3-4,8-9H2,1-2H3,(H,16,19). The van der Waals surface area contributed by atoms with Crippen LogP contribution in [0.25, 0.3) is 0 Å². The summed E-state index contributed by atoms with van der Waals surface area (Å²) in [6.07, 6.45) is 1.91. The fraction of sp³-hybridized carbons (Fsp3) is 0.500. The molecule has 3 N–H and O–H groups in total. The summed E-state index contributed by atoms with van der Waals surface area (Å²) < 4.78 is 0. The van der Waals surface area contributed by atoms with Crippen LogP contribution in [0.3, 0.4) is 0 Å². The quantitative estimate of drug-likeness (QED) is 0.702. The smallest absolute Gasteiger partial charge is 0.255 e. The van der Waals surface area contributed by atoms with E-state index >= 15 is 0 Å². The van der Waals surface area contributed by atoms with E-state index in [0.717, 1.165) is 24.2 Å². The molecule has 0 aliphatic heterocycles. The van der Waals surface area contributed by atoms with Crippen LogP contribution in [0, 0.1) is 5.41 Å². The number of carbonyl (C=O) groups excluding carboxylic acids is 1. The van der Waals surface area contributed by atoms with Crippen molar-refractivity contribution in [2.24, 2.45) is 5.41 Å². The van der Waals surface area contributed by atoms with Gasteiger partial charge in [-0.05, 0) is 30.4 Å². The SMILES string of the molecule is CCC(CC)(CBr)CNC(=O)c1ccc(O)cc1O. The molecule has 0 bridgehead atoms. The van der Waals surface area contributed by atoms with Crippen molar-refractivity contribution in [3.05, 3.63) is 23.8 Å². The fourth-order valence-corrected chi connectivity index (χ4v) is 2.80. The Morgan fingerprint density at radius 1 is 1.32 bits per heavy atom. The van der Waals surface area contributed by atoms with E-state index in [1.807, 2.05) is 0 Å². The van der Waals surface area contributed by atoms with E-state index in [9.17, 15) is 15.0 Å². The first kappa shape index (κ1) is 15.8. The lowest BCUT2D eigenvalue weighted by atomic mass is 9.84. The zero-order valence-electron chi connectivity index (χ0n) is 11.2. The minimum atomic E-state index is -0.329. The van der Waals surface area contributed by atoms with Gasteiger partial charge in [-0.2, -0.15) is 0 Å². The predicted octanol–water partition coefficient (Wildman–Crippen LogP) is 3.03. The molecule has 0 atom stereocenters. The van der Waals surface area contributed by atoms with Crippen molar-refractivity contribution in [1.82, 2.24) is 5.32 Å². The van der Waals surface area contributed by atoms with E-state index in [2.05, 4.69) is 35.1 Å². The van der Waals surface area contributed by atoms with Gasteiger partial charge in [0.2, 0.25) is 0 Å². The molecule has 0 spiro atoms. The minimum absolute atomic E-state index is 0.0300. The lowest BCUT2D eigenvalue weighted by Crippen LogP contribution is -2.38. The third kappa shape index (κ3) is 3.86. The topological polar surface area (TPSA) is 69.6 Å². The summed E-state index contributed by atoms with van der Waals surface area (Å²) in [7, 11) is 0. The number of rotatable bonds is 6. The number of alkyl halides is 1. The van der Waals surface area contributed by atoms with E-state index in [1.165, 1.54) is 12.1 Å². The van der Waals surface area contributed by atoms with E-state index in [1.54, 1.807) is 0 Å². The highest BCUT2D eigenvalue weighted by Gasteiger charge is 2.26. The molecule has 0 aliphatic rings. The van der Waals surface area contributed by atoms with Crippen molar-refractivity contribution >= 4 is 21.8 Å². The van der Waals surface area contributed by atoms with Crippen molar-refractivity contribution in [3.63, 3.8) is 0 Å². The summed E-state index contributed by atoms with van der Waals surface area (Å²) in [5.41, 5.74) is 0.204. The van der Waals surface area contributed by atoms with Crippen LogP contribution in [0.4, 0.5) is 0 Å². The molecular formula is C14H20BrNO3. The van der Waals surface area contributed by atoms with Gasteiger partial charge in [0, 0.05) is 17.9 Å². The molecule has 0 aliphatic carbocycles. The zero-order valence-corrected chi connectivity index (χ0v) is 12.8. The zero-order chi connectivity index (χ0) is 14.5. The molecule has 5 heteroatoms. The number of carbonyl (C=O) groups is 1. The Morgan fingerprint density at radius 3 is 2.42 bits per heavy atom. The van der Waals surface area contributed by atoms with E-state index in [0.29, 0.717) is 6.54 Å². The maximum absolute atomic E-state index is 12.0. The average Bonchev–Trinajstić information content (AvgIpc) is 2.40. The van der Waals surface area contributed by atoms with Gasteiger partial charge in [0.25, 0.3) is 5.91 Å². The molecule has 0 aromatic heterocycles. The molecule has 1 rings (SSSR count). The predicted molar refractivity (Wildman–Crippen MR) is 78.9 cm³/mol. The Hall–Kier alpha value is -1.23. The number of amides is 1. The first-order valence-electron chi connectivity index (χ1n) is 6.34. The van der Waals surface area contributed by atoms with Gasteiger partial charge >= 0.3 is 0 Å². The number of phenolic OH excluding ortho intramolecular Hbond substituents is 2. The van der Waals surface area contributed by atoms with Gasteiger partial charge in [0.05, 0.1) is 5.56 Å². The molecule has 0 fully saturated rings. The van der Waals surface area contributed by atoms with Gasteiger partial charge in [0.1, 0.15) is 11.5 Å².